The van der Waals surface area contributed by atoms with Crippen molar-refractivity contribution in [2.24, 2.45) is 5.92 Å². The summed E-state index contributed by atoms with van der Waals surface area (Å²) >= 11 is 3.92. The number of aliphatic carboxylic acids is 1. The minimum Gasteiger partial charge on any atom is -0.477 e. The molecule has 1 N–H and O–H groups in total. The lowest BCUT2D eigenvalue weighted by atomic mass is 10.1. The highest BCUT2D eigenvalue weighted by molar-refractivity contribution is 7.84. The monoisotopic (exact) mass is 171 g/mol. The Morgan fingerprint density at radius 1 is 1.64 bits per heavy atom. The van der Waals surface area contributed by atoms with Crippen LogP contribution in [0.4, 0.5) is 0 Å². The van der Waals surface area contributed by atoms with Crippen molar-refractivity contribution in [1.29, 1.82) is 5.26 Å². The Kier molecular flexibility index (Phi) is 3.69. The molecule has 0 heterocycles. The third-order valence-corrected chi connectivity index (χ3v) is 1.87. The van der Waals surface area contributed by atoms with Gasteiger partial charge in [-0.3, -0.25) is 0 Å². The average molecular weight is 171 g/mol. The molecule has 0 aromatic carbocycles. The summed E-state index contributed by atoms with van der Waals surface area (Å²) in [6.45, 7) is 3.56. The number of allylic oxidation sites excluding steroid dienone is 1. The van der Waals surface area contributed by atoms with E-state index < -0.39 is 5.97 Å². The van der Waals surface area contributed by atoms with Crippen molar-refractivity contribution >= 4 is 18.6 Å². The molecule has 0 amide bonds. The Morgan fingerprint density at radius 3 is 2.18 bits per heavy atom. The number of carboxylic acids is 1. The molecule has 0 saturated heterocycles. The molecule has 0 spiro atoms. The number of carbonyl (C=O) groups is 1. The van der Waals surface area contributed by atoms with Crippen LogP contribution in [0.25, 0.3) is 0 Å². The summed E-state index contributed by atoms with van der Waals surface area (Å²) in [4.78, 5) is 10.7. The normalized spacial score (nSPS) is 12.3. The quantitative estimate of drug-likeness (QED) is 0.375. The van der Waals surface area contributed by atoms with Gasteiger partial charge in [-0.25, -0.2) is 4.79 Å². The second-order valence-electron chi connectivity index (χ2n) is 2.33. The van der Waals surface area contributed by atoms with Gasteiger partial charge in [-0.05, 0) is 5.92 Å². The molecule has 0 aromatic heterocycles. The van der Waals surface area contributed by atoms with Gasteiger partial charge in [0.2, 0.25) is 0 Å². The van der Waals surface area contributed by atoms with Gasteiger partial charge in [0.15, 0.2) is 0 Å². The fraction of sp³-hybridized carbons (Fsp3) is 0.429. The molecular formula is C7H9NO2S. The van der Waals surface area contributed by atoms with E-state index in [4.69, 9.17) is 10.4 Å². The van der Waals surface area contributed by atoms with Crippen molar-refractivity contribution < 1.29 is 9.90 Å². The molecule has 4 heteroatoms. The second-order valence-corrected chi connectivity index (χ2v) is 2.81. The summed E-state index contributed by atoms with van der Waals surface area (Å²) in [7, 11) is 0. The number of carboxylic acid groups (broad SMARTS) is 1. The summed E-state index contributed by atoms with van der Waals surface area (Å²) < 4.78 is 0. The largest absolute Gasteiger partial charge is 0.477 e. The number of thiol groups is 1. The van der Waals surface area contributed by atoms with Gasteiger partial charge >= 0.3 is 5.97 Å². The molecule has 0 fully saturated rings. The van der Waals surface area contributed by atoms with E-state index in [0.717, 1.165) is 0 Å². The third-order valence-electron chi connectivity index (χ3n) is 1.13. The zero-order chi connectivity index (χ0) is 9.02. The highest BCUT2D eigenvalue weighted by atomic mass is 32.1. The zero-order valence-corrected chi connectivity index (χ0v) is 7.22. The Morgan fingerprint density at radius 2 is 2.09 bits per heavy atom. The van der Waals surface area contributed by atoms with E-state index in [9.17, 15) is 4.79 Å². The van der Waals surface area contributed by atoms with Crippen LogP contribution in [0, 0.1) is 17.2 Å². The molecule has 0 saturated carbocycles. The molecule has 0 aliphatic heterocycles. The minimum atomic E-state index is -1.22. The second kappa shape index (κ2) is 4.04. The van der Waals surface area contributed by atoms with Gasteiger partial charge < -0.3 is 5.11 Å². The van der Waals surface area contributed by atoms with Crippen molar-refractivity contribution in [2.45, 2.75) is 13.8 Å². The Hall–Kier alpha value is -0.950. The van der Waals surface area contributed by atoms with Crippen LogP contribution in [-0.2, 0) is 4.79 Å². The zero-order valence-electron chi connectivity index (χ0n) is 6.33. The molecular weight excluding hydrogens is 162 g/mol. The maximum Gasteiger partial charge on any atom is 0.347 e. The summed E-state index contributed by atoms with van der Waals surface area (Å²) in [5.41, 5.74) is -0.275. The van der Waals surface area contributed by atoms with Gasteiger partial charge in [0.1, 0.15) is 11.6 Å². The van der Waals surface area contributed by atoms with Crippen LogP contribution in [0.3, 0.4) is 0 Å². The van der Waals surface area contributed by atoms with Crippen molar-refractivity contribution in [3.63, 3.8) is 0 Å². The predicted molar refractivity (Wildman–Crippen MR) is 44.1 cm³/mol. The molecule has 0 aliphatic rings. The molecule has 0 rings (SSSR count). The number of hydrogen-bond acceptors (Lipinski definition) is 3. The average Bonchev–Trinajstić information content (AvgIpc) is 1.88. The van der Waals surface area contributed by atoms with E-state index in [0.29, 0.717) is 4.91 Å². The first-order valence-electron chi connectivity index (χ1n) is 3.07. The topological polar surface area (TPSA) is 61.1 Å². The van der Waals surface area contributed by atoms with Crippen molar-refractivity contribution in [3.05, 3.63) is 10.5 Å². The van der Waals surface area contributed by atoms with Crippen LogP contribution < -0.4 is 0 Å². The van der Waals surface area contributed by atoms with Gasteiger partial charge in [0, 0.05) is 4.91 Å². The molecule has 0 unspecified atom stereocenters. The van der Waals surface area contributed by atoms with Gasteiger partial charge in [0.05, 0.1) is 0 Å². The maximum absolute atomic E-state index is 10.3. The molecule has 60 valence electrons. The van der Waals surface area contributed by atoms with Crippen LogP contribution in [0.2, 0.25) is 0 Å². The number of hydrogen-bond donors (Lipinski definition) is 2. The van der Waals surface area contributed by atoms with Crippen LogP contribution in [0.15, 0.2) is 10.5 Å². The third kappa shape index (κ3) is 2.64. The van der Waals surface area contributed by atoms with E-state index >= 15 is 0 Å². The van der Waals surface area contributed by atoms with E-state index in [1.54, 1.807) is 19.9 Å². The van der Waals surface area contributed by atoms with Crippen LogP contribution in [0.1, 0.15) is 13.8 Å². The molecule has 11 heavy (non-hydrogen) atoms. The van der Waals surface area contributed by atoms with E-state index in [-0.39, 0.29) is 11.5 Å². The van der Waals surface area contributed by atoms with Crippen molar-refractivity contribution in [2.75, 3.05) is 0 Å². The molecule has 3 nitrogen and oxygen atoms in total. The van der Waals surface area contributed by atoms with E-state index in [2.05, 4.69) is 12.6 Å². The van der Waals surface area contributed by atoms with Crippen LogP contribution in [0.5, 0.6) is 0 Å². The summed E-state index contributed by atoms with van der Waals surface area (Å²) in [6, 6.07) is 1.59. The highest BCUT2D eigenvalue weighted by Gasteiger charge is 2.13. The Bertz CT molecular complexity index is 237. The fourth-order valence-corrected chi connectivity index (χ4v) is 0.649. The lowest BCUT2D eigenvalue weighted by Crippen LogP contribution is -2.03. The summed E-state index contributed by atoms with van der Waals surface area (Å²) in [6.07, 6.45) is 0. The smallest absolute Gasteiger partial charge is 0.347 e. The Labute approximate surface area is 70.7 Å². The molecule has 0 atom stereocenters. The lowest BCUT2D eigenvalue weighted by Gasteiger charge is -2.03. The maximum atomic E-state index is 10.3. The first-order chi connectivity index (χ1) is 5.00. The van der Waals surface area contributed by atoms with E-state index in [1.807, 2.05) is 0 Å². The predicted octanol–water partition coefficient (Wildman–Crippen LogP) is 1.43. The highest BCUT2D eigenvalue weighted by Crippen LogP contribution is 2.18. The van der Waals surface area contributed by atoms with E-state index in [1.165, 1.54) is 0 Å². The molecule has 0 bridgehead atoms. The van der Waals surface area contributed by atoms with Gasteiger partial charge in [-0.1, -0.05) is 13.8 Å². The van der Waals surface area contributed by atoms with Gasteiger partial charge in [0.25, 0.3) is 0 Å². The fourth-order valence-electron chi connectivity index (χ4n) is 0.503. The molecule has 0 aromatic rings. The minimum absolute atomic E-state index is 0.0240. The molecule has 0 radical (unpaired) electrons. The number of nitrogens with zero attached hydrogens (tertiary/aromatic N) is 1. The van der Waals surface area contributed by atoms with Gasteiger partial charge in [-0.15, -0.1) is 12.6 Å². The summed E-state index contributed by atoms with van der Waals surface area (Å²) in [5, 5.41) is 16.8. The first kappa shape index (κ1) is 10.0. The summed E-state index contributed by atoms with van der Waals surface area (Å²) in [5.74, 6) is -1.24. The number of rotatable bonds is 2. The Balaban J connectivity index is 4.88. The SMILES string of the molecule is CC(C)/C(S)=C(/C#N)C(=O)O. The van der Waals surface area contributed by atoms with Crippen LogP contribution in [-0.4, -0.2) is 11.1 Å². The van der Waals surface area contributed by atoms with Gasteiger partial charge in [-0.2, -0.15) is 5.26 Å². The number of nitriles is 1. The van der Waals surface area contributed by atoms with Crippen LogP contribution >= 0.6 is 12.6 Å². The molecule has 0 aliphatic carbocycles. The van der Waals surface area contributed by atoms with Crippen molar-refractivity contribution in [1.82, 2.24) is 0 Å². The van der Waals surface area contributed by atoms with Crippen molar-refractivity contribution in [3.8, 4) is 6.07 Å². The first-order valence-corrected chi connectivity index (χ1v) is 3.52. The standard InChI is InChI=1S/C7H9NO2S/c1-4(2)6(11)5(3-8)7(9)10/h4,11H,1-2H3,(H,9,10)/b6-5+. The lowest BCUT2D eigenvalue weighted by molar-refractivity contribution is -0.132.